The number of hydrogen-bond donors (Lipinski definition) is 0. The Bertz CT molecular complexity index is 1300. The lowest BCUT2D eigenvalue weighted by Gasteiger charge is -2.25. The highest BCUT2D eigenvalue weighted by Crippen LogP contribution is 2.34. The van der Waals surface area contributed by atoms with E-state index in [1.165, 1.54) is 26.2 Å². The summed E-state index contributed by atoms with van der Waals surface area (Å²) in [5.74, 6) is 0.865. The summed E-state index contributed by atoms with van der Waals surface area (Å²) in [6.45, 7) is 1.18. The number of amides is 1. The van der Waals surface area contributed by atoms with Gasteiger partial charge < -0.3 is 14.4 Å². The maximum Gasteiger partial charge on any atom is 0.258 e. The summed E-state index contributed by atoms with van der Waals surface area (Å²) in [5, 5.41) is 0. The van der Waals surface area contributed by atoms with Crippen LogP contribution in [0.25, 0.3) is 6.08 Å². The van der Waals surface area contributed by atoms with E-state index in [-0.39, 0.29) is 22.9 Å². The first-order valence-electron chi connectivity index (χ1n) is 10.8. The van der Waals surface area contributed by atoms with E-state index in [0.717, 1.165) is 9.87 Å². The molecule has 0 radical (unpaired) electrons. The molecule has 0 spiro atoms. The van der Waals surface area contributed by atoms with Crippen LogP contribution in [0.1, 0.15) is 15.9 Å². The molecule has 0 N–H and O–H groups in total. The SMILES string of the molecule is CN(C)S(=O)(=O)c1cccc(C(=O)N(C/C=C\c2ccccc2)c2ccc3c(c2)OCCO3)c1. The minimum atomic E-state index is -3.68. The Morgan fingerprint density at radius 2 is 1.65 bits per heavy atom. The van der Waals surface area contributed by atoms with Crippen LogP contribution in [0.3, 0.4) is 0 Å². The van der Waals surface area contributed by atoms with E-state index in [1.807, 2.05) is 42.5 Å². The smallest absolute Gasteiger partial charge is 0.258 e. The van der Waals surface area contributed by atoms with Gasteiger partial charge in [0.25, 0.3) is 5.91 Å². The van der Waals surface area contributed by atoms with E-state index in [0.29, 0.717) is 30.4 Å². The van der Waals surface area contributed by atoms with Crippen molar-refractivity contribution in [2.45, 2.75) is 4.90 Å². The molecule has 176 valence electrons. The van der Waals surface area contributed by atoms with Crippen molar-refractivity contribution in [2.75, 3.05) is 38.8 Å². The van der Waals surface area contributed by atoms with E-state index < -0.39 is 10.0 Å². The van der Waals surface area contributed by atoms with E-state index in [1.54, 1.807) is 35.2 Å². The summed E-state index contributed by atoms with van der Waals surface area (Å²) in [4.78, 5) is 15.3. The zero-order chi connectivity index (χ0) is 24.1. The number of hydrogen-bond acceptors (Lipinski definition) is 5. The van der Waals surface area contributed by atoms with Crippen LogP contribution in [0.4, 0.5) is 5.69 Å². The predicted octanol–water partition coefficient (Wildman–Crippen LogP) is 4.07. The molecule has 1 aliphatic rings. The van der Waals surface area contributed by atoms with Crippen molar-refractivity contribution in [3.05, 3.63) is 90.0 Å². The Labute approximate surface area is 199 Å². The normalized spacial score (nSPS) is 13.3. The quantitative estimate of drug-likeness (QED) is 0.512. The topological polar surface area (TPSA) is 76.2 Å². The van der Waals surface area contributed by atoms with E-state index in [2.05, 4.69) is 0 Å². The molecule has 34 heavy (non-hydrogen) atoms. The highest BCUT2D eigenvalue weighted by atomic mass is 32.2. The number of sulfonamides is 1. The van der Waals surface area contributed by atoms with Gasteiger partial charge in [0.2, 0.25) is 10.0 Å². The minimum Gasteiger partial charge on any atom is -0.486 e. The molecule has 0 saturated carbocycles. The van der Waals surface area contributed by atoms with Gasteiger partial charge in [0.15, 0.2) is 11.5 Å². The van der Waals surface area contributed by atoms with Gasteiger partial charge in [-0.3, -0.25) is 4.79 Å². The van der Waals surface area contributed by atoms with Crippen molar-refractivity contribution < 1.29 is 22.7 Å². The summed E-state index contributed by atoms with van der Waals surface area (Å²) in [5.41, 5.74) is 1.90. The van der Waals surface area contributed by atoms with Crippen molar-refractivity contribution in [3.8, 4) is 11.5 Å². The van der Waals surface area contributed by atoms with E-state index >= 15 is 0 Å². The zero-order valence-corrected chi connectivity index (χ0v) is 19.9. The van der Waals surface area contributed by atoms with Gasteiger partial charge >= 0.3 is 0 Å². The van der Waals surface area contributed by atoms with Gasteiger partial charge in [-0.2, -0.15) is 0 Å². The average molecular weight is 479 g/mol. The number of fused-ring (bicyclic) bond motifs is 1. The van der Waals surface area contributed by atoms with Crippen LogP contribution >= 0.6 is 0 Å². The molecule has 0 bridgehead atoms. The summed E-state index contributed by atoms with van der Waals surface area (Å²) in [7, 11) is -0.760. The molecule has 8 heteroatoms. The lowest BCUT2D eigenvalue weighted by Crippen LogP contribution is -2.31. The van der Waals surface area contributed by atoms with Crippen LogP contribution in [-0.4, -0.2) is 52.5 Å². The molecule has 0 fully saturated rings. The first-order valence-corrected chi connectivity index (χ1v) is 12.3. The van der Waals surface area contributed by atoms with Crippen molar-refractivity contribution in [3.63, 3.8) is 0 Å². The third-order valence-corrected chi connectivity index (χ3v) is 7.15. The van der Waals surface area contributed by atoms with E-state index in [4.69, 9.17) is 9.47 Å². The number of rotatable bonds is 7. The molecule has 7 nitrogen and oxygen atoms in total. The average Bonchev–Trinajstić information content (AvgIpc) is 2.86. The minimum absolute atomic E-state index is 0.0605. The number of carbonyl (C=O) groups is 1. The van der Waals surface area contributed by atoms with Gasteiger partial charge in [0.05, 0.1) is 4.90 Å². The van der Waals surface area contributed by atoms with Crippen molar-refractivity contribution in [1.82, 2.24) is 4.31 Å². The lowest BCUT2D eigenvalue weighted by atomic mass is 10.1. The van der Waals surface area contributed by atoms with E-state index in [9.17, 15) is 13.2 Å². The Balaban J connectivity index is 1.69. The van der Waals surface area contributed by atoms with Gasteiger partial charge in [0.1, 0.15) is 13.2 Å². The molecule has 0 aliphatic carbocycles. The highest BCUT2D eigenvalue weighted by molar-refractivity contribution is 7.89. The third kappa shape index (κ3) is 5.13. The van der Waals surface area contributed by atoms with Crippen LogP contribution in [0, 0.1) is 0 Å². The first kappa shape index (κ1) is 23.5. The largest absolute Gasteiger partial charge is 0.486 e. The molecule has 3 aromatic rings. The number of nitrogens with zero attached hydrogens (tertiary/aromatic N) is 2. The predicted molar refractivity (Wildman–Crippen MR) is 132 cm³/mol. The summed E-state index contributed by atoms with van der Waals surface area (Å²) >= 11 is 0. The maximum absolute atomic E-state index is 13.6. The second-order valence-corrected chi connectivity index (χ2v) is 10.0. The molecule has 0 unspecified atom stereocenters. The second-order valence-electron chi connectivity index (χ2n) is 7.87. The molecule has 1 amide bonds. The Kier molecular flexibility index (Phi) is 7.00. The fourth-order valence-corrected chi connectivity index (χ4v) is 4.47. The maximum atomic E-state index is 13.6. The monoisotopic (exact) mass is 478 g/mol. The fourth-order valence-electron chi connectivity index (χ4n) is 3.52. The Morgan fingerprint density at radius 3 is 2.38 bits per heavy atom. The highest BCUT2D eigenvalue weighted by Gasteiger charge is 2.23. The first-order chi connectivity index (χ1) is 16.4. The number of ether oxygens (including phenoxy) is 2. The molecule has 4 rings (SSSR count). The van der Waals surface area contributed by atoms with Gasteiger partial charge in [0, 0.05) is 38.0 Å². The zero-order valence-electron chi connectivity index (χ0n) is 19.0. The molecule has 3 aromatic carbocycles. The number of anilines is 1. The second kappa shape index (κ2) is 10.1. The van der Waals surface area contributed by atoms with Crippen molar-refractivity contribution in [2.24, 2.45) is 0 Å². The molecule has 0 saturated heterocycles. The summed E-state index contributed by atoms with van der Waals surface area (Å²) in [6, 6.07) is 21.2. The molecule has 0 aromatic heterocycles. The van der Waals surface area contributed by atoms with Crippen LogP contribution < -0.4 is 14.4 Å². The Hall–Kier alpha value is -3.62. The van der Waals surface area contributed by atoms with Crippen LogP contribution in [0.15, 0.2) is 83.8 Å². The van der Waals surface area contributed by atoms with Crippen LogP contribution in [0.2, 0.25) is 0 Å². The lowest BCUT2D eigenvalue weighted by molar-refractivity contribution is 0.0989. The fraction of sp³-hybridized carbons (Fsp3) is 0.192. The molecule has 1 heterocycles. The molecular formula is C26H26N2O5S. The number of benzene rings is 3. The van der Waals surface area contributed by atoms with Crippen molar-refractivity contribution >= 4 is 27.7 Å². The summed E-state index contributed by atoms with van der Waals surface area (Å²) in [6.07, 6.45) is 3.83. The standard InChI is InChI=1S/C26H26N2O5S/c1-27(2)34(30,31)23-12-6-11-21(18-23)26(29)28(15-7-10-20-8-4-3-5-9-20)22-13-14-24-25(19-22)33-17-16-32-24/h3-14,18-19H,15-17H2,1-2H3/b10-7-. The Morgan fingerprint density at radius 1 is 0.912 bits per heavy atom. The van der Waals surface area contributed by atoms with Gasteiger partial charge in [-0.1, -0.05) is 48.6 Å². The van der Waals surface area contributed by atoms with Gasteiger partial charge in [-0.25, -0.2) is 12.7 Å². The number of carbonyl (C=O) groups excluding carboxylic acids is 1. The molecule has 1 aliphatic heterocycles. The third-order valence-electron chi connectivity index (χ3n) is 5.34. The molecule has 0 atom stereocenters. The van der Waals surface area contributed by atoms with Gasteiger partial charge in [-0.15, -0.1) is 0 Å². The summed E-state index contributed by atoms with van der Waals surface area (Å²) < 4.78 is 37.6. The van der Waals surface area contributed by atoms with Crippen molar-refractivity contribution in [1.29, 1.82) is 0 Å². The van der Waals surface area contributed by atoms with Crippen LogP contribution in [-0.2, 0) is 10.0 Å². The van der Waals surface area contributed by atoms with Gasteiger partial charge in [-0.05, 0) is 35.9 Å². The molecular weight excluding hydrogens is 452 g/mol. The van der Waals surface area contributed by atoms with Crippen LogP contribution in [0.5, 0.6) is 11.5 Å².